The molecule has 1 aromatic heterocycles. The highest BCUT2D eigenvalue weighted by Gasteiger charge is 2.07. The number of nitrogens with two attached hydrogens (primary N) is 1. The first-order valence-corrected chi connectivity index (χ1v) is 4.51. The van der Waals surface area contributed by atoms with Gasteiger partial charge in [-0.3, -0.25) is 4.79 Å². The minimum absolute atomic E-state index is 0.128. The van der Waals surface area contributed by atoms with E-state index in [1.807, 2.05) is 24.3 Å². The first kappa shape index (κ1) is 8.90. The van der Waals surface area contributed by atoms with Crippen molar-refractivity contribution in [2.24, 2.45) is 5.73 Å². The van der Waals surface area contributed by atoms with Crippen LogP contribution in [-0.2, 0) is 0 Å². The fourth-order valence-corrected chi connectivity index (χ4v) is 1.64. The number of aromatic amines is 1. The van der Waals surface area contributed by atoms with Crippen molar-refractivity contribution in [2.75, 3.05) is 0 Å². The van der Waals surface area contributed by atoms with Crippen molar-refractivity contribution in [3.63, 3.8) is 0 Å². The van der Waals surface area contributed by atoms with Crippen molar-refractivity contribution >= 4 is 28.0 Å². The SMILES string of the molecule is NC(=S)c1c(=O)[nH]cc2ccccc12. The van der Waals surface area contributed by atoms with Gasteiger partial charge in [-0.25, -0.2) is 0 Å². The van der Waals surface area contributed by atoms with E-state index >= 15 is 0 Å². The highest BCUT2D eigenvalue weighted by Crippen LogP contribution is 2.13. The smallest absolute Gasteiger partial charge is 0.258 e. The Bertz CT molecular complexity index is 559. The number of H-pyrrole nitrogens is 1. The summed E-state index contributed by atoms with van der Waals surface area (Å²) in [6.45, 7) is 0. The van der Waals surface area contributed by atoms with Crippen molar-refractivity contribution in [3.8, 4) is 0 Å². The van der Waals surface area contributed by atoms with Gasteiger partial charge in [-0.1, -0.05) is 36.5 Å². The van der Waals surface area contributed by atoms with E-state index < -0.39 is 0 Å². The fourth-order valence-electron chi connectivity index (χ4n) is 1.43. The summed E-state index contributed by atoms with van der Waals surface area (Å²) in [6.07, 6.45) is 1.65. The van der Waals surface area contributed by atoms with Gasteiger partial charge in [0, 0.05) is 6.20 Å². The highest BCUT2D eigenvalue weighted by atomic mass is 32.1. The minimum Gasteiger partial charge on any atom is -0.389 e. The molecule has 1 heterocycles. The molecule has 0 aliphatic rings. The average molecular weight is 204 g/mol. The Morgan fingerprint density at radius 3 is 2.79 bits per heavy atom. The molecule has 0 saturated carbocycles. The van der Waals surface area contributed by atoms with Crippen LogP contribution < -0.4 is 11.3 Å². The van der Waals surface area contributed by atoms with E-state index in [4.69, 9.17) is 18.0 Å². The zero-order chi connectivity index (χ0) is 10.1. The Labute approximate surface area is 85.6 Å². The lowest BCUT2D eigenvalue weighted by Crippen LogP contribution is -2.22. The van der Waals surface area contributed by atoms with Gasteiger partial charge in [-0.15, -0.1) is 0 Å². The quantitative estimate of drug-likeness (QED) is 0.685. The second-order valence-electron chi connectivity index (χ2n) is 2.94. The summed E-state index contributed by atoms with van der Waals surface area (Å²) in [6, 6.07) is 7.47. The lowest BCUT2D eigenvalue weighted by atomic mass is 10.1. The topological polar surface area (TPSA) is 58.9 Å². The van der Waals surface area contributed by atoms with Gasteiger partial charge in [-0.05, 0) is 10.8 Å². The summed E-state index contributed by atoms with van der Waals surface area (Å²) in [5, 5.41) is 1.72. The Balaban J connectivity index is 2.97. The van der Waals surface area contributed by atoms with E-state index in [2.05, 4.69) is 4.98 Å². The number of pyridine rings is 1. The second-order valence-corrected chi connectivity index (χ2v) is 3.38. The summed E-state index contributed by atoms with van der Waals surface area (Å²) in [5.41, 5.74) is 5.64. The van der Waals surface area contributed by atoms with Crippen LogP contribution in [0.15, 0.2) is 35.3 Å². The standard InChI is InChI=1S/C10H8N2OS/c11-9(14)8-7-4-2-1-3-6(7)5-12-10(8)13/h1-5H,(H2,11,14)(H,12,13). The third-order valence-corrected chi connectivity index (χ3v) is 2.27. The molecule has 0 saturated heterocycles. The molecule has 14 heavy (non-hydrogen) atoms. The van der Waals surface area contributed by atoms with E-state index in [9.17, 15) is 4.79 Å². The fraction of sp³-hybridized carbons (Fsp3) is 0. The molecule has 2 rings (SSSR count). The molecule has 3 N–H and O–H groups in total. The molecule has 0 spiro atoms. The molecule has 0 unspecified atom stereocenters. The van der Waals surface area contributed by atoms with Crippen LogP contribution in [0.25, 0.3) is 10.8 Å². The molecule has 0 amide bonds. The van der Waals surface area contributed by atoms with Gasteiger partial charge in [0.25, 0.3) is 5.56 Å². The monoisotopic (exact) mass is 204 g/mol. The average Bonchev–Trinajstić information content (AvgIpc) is 2.17. The second kappa shape index (κ2) is 3.23. The molecule has 3 nitrogen and oxygen atoms in total. The summed E-state index contributed by atoms with van der Waals surface area (Å²) in [4.78, 5) is 14.2. The Kier molecular flexibility index (Phi) is 2.05. The van der Waals surface area contributed by atoms with E-state index in [0.717, 1.165) is 10.8 Å². The first-order valence-electron chi connectivity index (χ1n) is 4.10. The number of nitrogens with one attached hydrogen (secondary N) is 1. The summed E-state index contributed by atoms with van der Waals surface area (Å²) in [7, 11) is 0. The van der Waals surface area contributed by atoms with E-state index in [1.54, 1.807) is 6.20 Å². The molecule has 0 bridgehead atoms. The molecule has 0 fully saturated rings. The number of hydrogen-bond acceptors (Lipinski definition) is 2. The van der Waals surface area contributed by atoms with Gasteiger partial charge in [-0.2, -0.15) is 0 Å². The maximum atomic E-state index is 11.5. The van der Waals surface area contributed by atoms with Gasteiger partial charge in [0.2, 0.25) is 0 Å². The van der Waals surface area contributed by atoms with E-state index in [1.165, 1.54) is 0 Å². The van der Waals surface area contributed by atoms with Gasteiger partial charge in [0.15, 0.2) is 0 Å². The van der Waals surface area contributed by atoms with Crippen molar-refractivity contribution < 1.29 is 0 Å². The molecule has 70 valence electrons. The van der Waals surface area contributed by atoms with Crippen LogP contribution in [0.1, 0.15) is 5.56 Å². The zero-order valence-corrected chi connectivity index (χ0v) is 8.10. The van der Waals surface area contributed by atoms with E-state index in [0.29, 0.717) is 5.56 Å². The Hall–Kier alpha value is -1.68. The van der Waals surface area contributed by atoms with Crippen molar-refractivity contribution in [3.05, 3.63) is 46.4 Å². The summed E-state index contributed by atoms with van der Waals surface area (Å²) in [5.74, 6) is 0. The van der Waals surface area contributed by atoms with Crippen molar-refractivity contribution in [1.29, 1.82) is 0 Å². The molecular formula is C10H8N2OS. The number of thiocarbonyl (C=S) groups is 1. The number of hydrogen-bond donors (Lipinski definition) is 2. The lowest BCUT2D eigenvalue weighted by molar-refractivity contribution is 1.25. The third kappa shape index (κ3) is 1.29. The summed E-state index contributed by atoms with van der Waals surface area (Å²) >= 11 is 4.83. The summed E-state index contributed by atoms with van der Waals surface area (Å²) < 4.78 is 0. The van der Waals surface area contributed by atoms with Crippen LogP contribution in [0.3, 0.4) is 0 Å². The van der Waals surface area contributed by atoms with Crippen LogP contribution in [0, 0.1) is 0 Å². The largest absolute Gasteiger partial charge is 0.389 e. The lowest BCUT2D eigenvalue weighted by Gasteiger charge is -2.02. The normalized spacial score (nSPS) is 10.3. The third-order valence-electron chi connectivity index (χ3n) is 2.06. The van der Waals surface area contributed by atoms with Crippen molar-refractivity contribution in [1.82, 2.24) is 4.98 Å². The number of benzene rings is 1. The Morgan fingerprint density at radius 2 is 2.07 bits per heavy atom. The zero-order valence-electron chi connectivity index (χ0n) is 7.28. The van der Waals surface area contributed by atoms with Crippen LogP contribution >= 0.6 is 12.2 Å². The molecule has 4 heteroatoms. The van der Waals surface area contributed by atoms with Gasteiger partial charge in [0.1, 0.15) is 4.99 Å². The molecule has 0 radical (unpaired) electrons. The number of fused-ring (bicyclic) bond motifs is 1. The molecule has 0 atom stereocenters. The Morgan fingerprint density at radius 1 is 1.36 bits per heavy atom. The molecule has 0 aliphatic carbocycles. The molecular weight excluding hydrogens is 196 g/mol. The van der Waals surface area contributed by atoms with Crippen LogP contribution in [0.5, 0.6) is 0 Å². The maximum Gasteiger partial charge on any atom is 0.258 e. The predicted octanol–water partition coefficient (Wildman–Crippen LogP) is 1.16. The first-order chi connectivity index (χ1) is 6.70. The van der Waals surface area contributed by atoms with Crippen LogP contribution in [0.4, 0.5) is 0 Å². The van der Waals surface area contributed by atoms with Gasteiger partial charge < -0.3 is 10.7 Å². The van der Waals surface area contributed by atoms with E-state index in [-0.39, 0.29) is 10.5 Å². The number of rotatable bonds is 1. The minimum atomic E-state index is -0.240. The van der Waals surface area contributed by atoms with Gasteiger partial charge in [0.05, 0.1) is 5.56 Å². The molecule has 1 aromatic carbocycles. The number of aromatic nitrogens is 1. The maximum absolute atomic E-state index is 11.5. The van der Waals surface area contributed by atoms with Gasteiger partial charge >= 0.3 is 0 Å². The molecule has 2 aromatic rings. The van der Waals surface area contributed by atoms with Crippen molar-refractivity contribution in [2.45, 2.75) is 0 Å². The molecule has 0 aliphatic heterocycles. The van der Waals surface area contributed by atoms with Crippen LogP contribution in [0.2, 0.25) is 0 Å². The van der Waals surface area contributed by atoms with Crippen LogP contribution in [-0.4, -0.2) is 9.97 Å². The predicted molar refractivity (Wildman–Crippen MR) is 60.5 cm³/mol. The highest BCUT2D eigenvalue weighted by molar-refractivity contribution is 7.80.